The average molecular weight is 251 g/mol. The van der Waals surface area contributed by atoms with Gasteiger partial charge in [-0.2, -0.15) is 0 Å². The topological polar surface area (TPSA) is 38.3 Å². The molecular formula is C13H17NO2S. The van der Waals surface area contributed by atoms with Crippen molar-refractivity contribution in [2.75, 3.05) is 13.2 Å². The van der Waals surface area contributed by atoms with Gasteiger partial charge < -0.3 is 10.1 Å². The number of carbonyl (C=O) groups is 1. The molecule has 0 aliphatic carbocycles. The van der Waals surface area contributed by atoms with Crippen LogP contribution in [0.4, 0.5) is 0 Å². The lowest BCUT2D eigenvalue weighted by Crippen LogP contribution is -2.51. The summed E-state index contributed by atoms with van der Waals surface area (Å²) in [6.45, 7) is 3.40. The van der Waals surface area contributed by atoms with Crippen molar-refractivity contribution < 1.29 is 9.53 Å². The molecule has 1 unspecified atom stereocenters. The zero-order valence-electron chi connectivity index (χ0n) is 9.90. The maximum atomic E-state index is 12.0. The predicted molar refractivity (Wildman–Crippen MR) is 69.6 cm³/mol. The summed E-state index contributed by atoms with van der Waals surface area (Å²) in [6.07, 6.45) is 1.95. The van der Waals surface area contributed by atoms with Crippen LogP contribution < -0.4 is 5.32 Å². The molecule has 1 aliphatic rings. The summed E-state index contributed by atoms with van der Waals surface area (Å²) in [5.41, 5.74) is 0.421. The number of thiol groups is 1. The largest absolute Gasteiger partial charge is 0.379 e. The van der Waals surface area contributed by atoms with Crippen LogP contribution in [0.25, 0.3) is 0 Å². The van der Waals surface area contributed by atoms with Gasteiger partial charge in [0.05, 0.1) is 12.1 Å². The molecular weight excluding hydrogens is 234 g/mol. The van der Waals surface area contributed by atoms with Gasteiger partial charge in [0, 0.05) is 17.1 Å². The molecule has 1 saturated heterocycles. The van der Waals surface area contributed by atoms with Crippen molar-refractivity contribution in [1.82, 2.24) is 5.32 Å². The quantitative estimate of drug-likeness (QED) is 0.791. The van der Waals surface area contributed by atoms with Crippen LogP contribution in [0, 0.1) is 0 Å². The third kappa shape index (κ3) is 3.23. The Morgan fingerprint density at radius 3 is 2.71 bits per heavy atom. The highest BCUT2D eigenvalue weighted by Crippen LogP contribution is 2.19. The van der Waals surface area contributed by atoms with E-state index < -0.39 is 0 Å². The van der Waals surface area contributed by atoms with Crippen molar-refractivity contribution in [2.24, 2.45) is 0 Å². The average Bonchev–Trinajstić information content (AvgIpc) is 2.30. The van der Waals surface area contributed by atoms with E-state index in [2.05, 4.69) is 17.9 Å². The summed E-state index contributed by atoms with van der Waals surface area (Å²) in [4.78, 5) is 12.9. The first kappa shape index (κ1) is 12.5. The summed E-state index contributed by atoms with van der Waals surface area (Å²) < 4.78 is 5.41. The van der Waals surface area contributed by atoms with Crippen LogP contribution >= 0.6 is 12.6 Å². The fourth-order valence-corrected chi connectivity index (χ4v) is 2.14. The molecule has 0 radical (unpaired) electrons. The number of nitrogens with one attached hydrogen (secondary N) is 1. The van der Waals surface area contributed by atoms with Crippen molar-refractivity contribution in [2.45, 2.75) is 30.2 Å². The smallest absolute Gasteiger partial charge is 0.251 e. The number of amides is 1. The second kappa shape index (κ2) is 5.10. The van der Waals surface area contributed by atoms with E-state index in [4.69, 9.17) is 4.74 Å². The molecule has 0 saturated carbocycles. The van der Waals surface area contributed by atoms with Crippen LogP contribution in [-0.2, 0) is 4.74 Å². The maximum absolute atomic E-state index is 12.0. The monoisotopic (exact) mass is 251 g/mol. The molecule has 4 heteroatoms. The minimum Gasteiger partial charge on any atom is -0.379 e. The van der Waals surface area contributed by atoms with Crippen molar-refractivity contribution in [3.8, 4) is 0 Å². The molecule has 2 rings (SSSR count). The van der Waals surface area contributed by atoms with Gasteiger partial charge in [0.15, 0.2) is 0 Å². The highest BCUT2D eigenvalue weighted by molar-refractivity contribution is 7.80. The molecule has 1 amide bonds. The van der Waals surface area contributed by atoms with Gasteiger partial charge in [-0.3, -0.25) is 4.79 Å². The van der Waals surface area contributed by atoms with Crippen molar-refractivity contribution >= 4 is 18.5 Å². The van der Waals surface area contributed by atoms with Crippen LogP contribution in [0.2, 0.25) is 0 Å². The SMILES string of the molecule is CC1(NC(=O)c2ccc(S)cc2)CCCOC1. The van der Waals surface area contributed by atoms with Gasteiger partial charge in [-0.15, -0.1) is 12.6 Å². The number of ether oxygens (including phenoxy) is 1. The standard InChI is InChI=1S/C13H17NO2S/c1-13(7-2-8-16-9-13)14-12(15)10-3-5-11(17)6-4-10/h3-6,17H,2,7-9H2,1H3,(H,14,15). The zero-order valence-corrected chi connectivity index (χ0v) is 10.8. The second-order valence-electron chi connectivity index (χ2n) is 4.72. The minimum absolute atomic E-state index is 0.0497. The molecule has 1 aliphatic heterocycles. The fraction of sp³-hybridized carbons (Fsp3) is 0.462. The fourth-order valence-electron chi connectivity index (χ4n) is 1.99. The Labute approximate surface area is 107 Å². The molecule has 0 spiro atoms. The van der Waals surface area contributed by atoms with Crippen LogP contribution in [0.3, 0.4) is 0 Å². The summed E-state index contributed by atoms with van der Waals surface area (Å²) in [7, 11) is 0. The molecule has 1 fully saturated rings. The molecule has 1 N–H and O–H groups in total. The third-order valence-electron chi connectivity index (χ3n) is 2.98. The molecule has 1 heterocycles. The Morgan fingerprint density at radius 1 is 1.41 bits per heavy atom. The highest BCUT2D eigenvalue weighted by Gasteiger charge is 2.29. The molecule has 0 aromatic heterocycles. The van der Waals surface area contributed by atoms with Crippen LogP contribution in [-0.4, -0.2) is 24.7 Å². The van der Waals surface area contributed by atoms with E-state index in [1.54, 1.807) is 12.1 Å². The number of hydrogen-bond acceptors (Lipinski definition) is 3. The van der Waals surface area contributed by atoms with Gasteiger partial charge in [-0.05, 0) is 44.0 Å². The van der Waals surface area contributed by atoms with E-state index in [1.165, 1.54) is 0 Å². The molecule has 3 nitrogen and oxygen atoms in total. The summed E-state index contributed by atoms with van der Waals surface area (Å²) in [5, 5.41) is 3.04. The maximum Gasteiger partial charge on any atom is 0.251 e. The summed E-state index contributed by atoms with van der Waals surface area (Å²) in [5.74, 6) is -0.0497. The first-order chi connectivity index (χ1) is 8.09. The van der Waals surface area contributed by atoms with E-state index in [0.717, 1.165) is 24.3 Å². The van der Waals surface area contributed by atoms with E-state index in [0.29, 0.717) is 12.2 Å². The van der Waals surface area contributed by atoms with Gasteiger partial charge in [-0.25, -0.2) is 0 Å². The van der Waals surface area contributed by atoms with Crippen molar-refractivity contribution in [1.29, 1.82) is 0 Å². The Morgan fingerprint density at radius 2 is 2.12 bits per heavy atom. The highest BCUT2D eigenvalue weighted by atomic mass is 32.1. The second-order valence-corrected chi connectivity index (χ2v) is 5.23. The first-order valence-electron chi connectivity index (χ1n) is 5.78. The molecule has 17 heavy (non-hydrogen) atoms. The number of benzene rings is 1. The van der Waals surface area contributed by atoms with Crippen molar-refractivity contribution in [3.63, 3.8) is 0 Å². The lowest BCUT2D eigenvalue weighted by molar-refractivity contribution is 0.0272. The predicted octanol–water partition coefficient (Wildman–Crippen LogP) is 2.27. The molecule has 1 atom stereocenters. The van der Waals surface area contributed by atoms with E-state index in [-0.39, 0.29) is 11.4 Å². The molecule has 92 valence electrons. The van der Waals surface area contributed by atoms with Gasteiger partial charge in [0.1, 0.15) is 0 Å². The van der Waals surface area contributed by atoms with Gasteiger partial charge in [0.25, 0.3) is 5.91 Å². The Bertz CT molecular complexity index is 396. The van der Waals surface area contributed by atoms with Gasteiger partial charge in [-0.1, -0.05) is 0 Å². The van der Waals surface area contributed by atoms with Gasteiger partial charge in [0.2, 0.25) is 0 Å². The summed E-state index contributed by atoms with van der Waals surface area (Å²) >= 11 is 4.20. The molecule has 1 aromatic rings. The van der Waals surface area contributed by atoms with E-state index in [1.807, 2.05) is 19.1 Å². The first-order valence-corrected chi connectivity index (χ1v) is 6.23. The summed E-state index contributed by atoms with van der Waals surface area (Å²) in [6, 6.07) is 7.20. The Hall–Kier alpha value is -1.00. The zero-order chi connectivity index (χ0) is 12.3. The van der Waals surface area contributed by atoms with Crippen molar-refractivity contribution in [3.05, 3.63) is 29.8 Å². The normalized spacial score (nSPS) is 24.4. The van der Waals surface area contributed by atoms with Crippen LogP contribution in [0.1, 0.15) is 30.1 Å². The van der Waals surface area contributed by atoms with E-state index in [9.17, 15) is 4.79 Å². The lowest BCUT2D eigenvalue weighted by atomic mass is 9.94. The lowest BCUT2D eigenvalue weighted by Gasteiger charge is -2.34. The number of rotatable bonds is 2. The minimum atomic E-state index is -0.241. The molecule has 0 bridgehead atoms. The number of carbonyl (C=O) groups excluding carboxylic acids is 1. The number of hydrogen-bond donors (Lipinski definition) is 2. The van der Waals surface area contributed by atoms with Crippen LogP contribution in [0.5, 0.6) is 0 Å². The van der Waals surface area contributed by atoms with Gasteiger partial charge >= 0.3 is 0 Å². The molecule has 1 aromatic carbocycles. The Kier molecular flexibility index (Phi) is 3.74. The van der Waals surface area contributed by atoms with E-state index >= 15 is 0 Å². The van der Waals surface area contributed by atoms with Crippen LogP contribution in [0.15, 0.2) is 29.2 Å². The third-order valence-corrected chi connectivity index (χ3v) is 3.28. The Balaban J connectivity index is 2.03.